The van der Waals surface area contributed by atoms with E-state index in [1.54, 1.807) is 0 Å². The maximum atomic E-state index is 5.45. The van der Waals surface area contributed by atoms with Crippen LogP contribution in [0.5, 0.6) is 0 Å². The lowest BCUT2D eigenvalue weighted by Crippen LogP contribution is -2.47. The van der Waals surface area contributed by atoms with Crippen molar-refractivity contribution in [1.29, 1.82) is 0 Å². The third kappa shape index (κ3) is 4.90. The van der Waals surface area contributed by atoms with Crippen molar-refractivity contribution in [3.05, 3.63) is 54.1 Å². The minimum absolute atomic E-state index is 0.810. The quantitative estimate of drug-likeness (QED) is 0.695. The Kier molecular flexibility index (Phi) is 6.41. The second-order valence-corrected chi connectivity index (χ2v) is 6.27. The van der Waals surface area contributed by atoms with Gasteiger partial charge in [0.25, 0.3) is 0 Å². The van der Waals surface area contributed by atoms with E-state index in [2.05, 4.69) is 62.8 Å². The first-order chi connectivity index (χ1) is 11.8. The van der Waals surface area contributed by atoms with Crippen LogP contribution < -0.4 is 0 Å². The minimum atomic E-state index is 0.810. The summed E-state index contributed by atoms with van der Waals surface area (Å²) in [6.07, 6.45) is 4.00. The Bertz CT molecular complexity index is 590. The average molecular weight is 328 g/mol. The molecule has 5 nitrogen and oxygen atoms in total. The summed E-state index contributed by atoms with van der Waals surface area (Å²) in [6, 6.07) is 10.6. The fourth-order valence-electron chi connectivity index (χ4n) is 3.12. The van der Waals surface area contributed by atoms with E-state index >= 15 is 0 Å². The Morgan fingerprint density at radius 2 is 1.75 bits per heavy atom. The van der Waals surface area contributed by atoms with E-state index in [1.807, 2.05) is 6.20 Å². The van der Waals surface area contributed by atoms with Gasteiger partial charge >= 0.3 is 0 Å². The number of ether oxygens (including phenoxy) is 1. The number of piperazine rings is 1. The first kappa shape index (κ1) is 17.1. The van der Waals surface area contributed by atoms with E-state index in [9.17, 15) is 0 Å². The van der Waals surface area contributed by atoms with E-state index in [-0.39, 0.29) is 0 Å². The molecule has 0 unspecified atom stereocenters. The molecule has 2 aromatic rings. The van der Waals surface area contributed by atoms with Crippen LogP contribution in [0.15, 0.2) is 42.7 Å². The molecule has 5 heteroatoms. The van der Waals surface area contributed by atoms with Crippen LogP contribution in [0.2, 0.25) is 0 Å². The summed E-state index contributed by atoms with van der Waals surface area (Å²) in [7, 11) is 0. The number of aromatic nitrogens is 2. The molecule has 24 heavy (non-hydrogen) atoms. The highest BCUT2D eigenvalue weighted by molar-refractivity contribution is 5.15. The van der Waals surface area contributed by atoms with Gasteiger partial charge in [-0.05, 0) is 12.5 Å². The van der Waals surface area contributed by atoms with Gasteiger partial charge in [0.05, 0.1) is 13.2 Å². The van der Waals surface area contributed by atoms with Crippen LogP contribution >= 0.6 is 0 Å². The molecule has 1 aromatic heterocycles. The second-order valence-electron chi connectivity index (χ2n) is 6.27. The minimum Gasteiger partial charge on any atom is -0.380 e. The van der Waals surface area contributed by atoms with E-state index in [1.165, 1.54) is 5.56 Å². The van der Waals surface area contributed by atoms with E-state index in [4.69, 9.17) is 4.74 Å². The Balaban J connectivity index is 1.48. The molecule has 1 aromatic carbocycles. The zero-order valence-electron chi connectivity index (χ0n) is 14.6. The molecule has 0 bridgehead atoms. The van der Waals surface area contributed by atoms with Crippen LogP contribution in [-0.4, -0.2) is 65.3 Å². The van der Waals surface area contributed by atoms with Gasteiger partial charge in [-0.3, -0.25) is 9.80 Å². The summed E-state index contributed by atoms with van der Waals surface area (Å²) in [5, 5.41) is 0. The Hall–Kier alpha value is -1.69. The Morgan fingerprint density at radius 1 is 1.00 bits per heavy atom. The van der Waals surface area contributed by atoms with E-state index in [0.717, 1.165) is 64.9 Å². The van der Waals surface area contributed by atoms with Crippen molar-refractivity contribution in [3.8, 4) is 0 Å². The number of hydrogen-bond donors (Lipinski definition) is 0. The van der Waals surface area contributed by atoms with Crippen LogP contribution in [-0.2, 0) is 17.8 Å². The standard InChI is InChI=1S/C19H28N4O/c1-2-24-15-14-21-10-12-22(13-11-21)17-19-20-8-9-23(19)16-18-6-4-3-5-7-18/h3-9H,2,10-17H2,1H3. The first-order valence-corrected chi connectivity index (χ1v) is 8.91. The summed E-state index contributed by atoms with van der Waals surface area (Å²) < 4.78 is 7.71. The van der Waals surface area contributed by atoms with Gasteiger partial charge in [-0.2, -0.15) is 0 Å². The maximum Gasteiger partial charge on any atom is 0.123 e. The third-order valence-electron chi connectivity index (χ3n) is 4.58. The van der Waals surface area contributed by atoms with Gasteiger partial charge in [0, 0.05) is 58.3 Å². The van der Waals surface area contributed by atoms with Crippen LogP contribution in [0.3, 0.4) is 0 Å². The molecule has 2 heterocycles. The highest BCUT2D eigenvalue weighted by Gasteiger charge is 2.18. The van der Waals surface area contributed by atoms with Crippen molar-refractivity contribution in [2.75, 3.05) is 45.9 Å². The highest BCUT2D eigenvalue weighted by atomic mass is 16.5. The van der Waals surface area contributed by atoms with Gasteiger partial charge < -0.3 is 9.30 Å². The van der Waals surface area contributed by atoms with Gasteiger partial charge in [0.15, 0.2) is 0 Å². The molecular formula is C19H28N4O. The largest absolute Gasteiger partial charge is 0.380 e. The topological polar surface area (TPSA) is 33.5 Å². The average Bonchev–Trinajstić information content (AvgIpc) is 3.04. The van der Waals surface area contributed by atoms with Gasteiger partial charge in [-0.25, -0.2) is 4.98 Å². The maximum absolute atomic E-state index is 5.45. The lowest BCUT2D eigenvalue weighted by Gasteiger charge is -2.34. The normalized spacial score (nSPS) is 16.5. The van der Waals surface area contributed by atoms with E-state index in [0.29, 0.717) is 0 Å². The van der Waals surface area contributed by atoms with Crippen LogP contribution in [0.25, 0.3) is 0 Å². The molecule has 1 aliphatic heterocycles. The van der Waals surface area contributed by atoms with Crippen molar-refractivity contribution in [1.82, 2.24) is 19.4 Å². The summed E-state index contributed by atoms with van der Waals surface area (Å²) in [5.74, 6) is 1.15. The van der Waals surface area contributed by atoms with Crippen LogP contribution in [0.1, 0.15) is 18.3 Å². The molecule has 1 saturated heterocycles. The van der Waals surface area contributed by atoms with Crippen molar-refractivity contribution in [2.24, 2.45) is 0 Å². The molecule has 0 radical (unpaired) electrons. The second kappa shape index (κ2) is 8.97. The smallest absolute Gasteiger partial charge is 0.123 e. The number of hydrogen-bond acceptors (Lipinski definition) is 4. The van der Waals surface area contributed by atoms with Gasteiger partial charge in [0.2, 0.25) is 0 Å². The fourth-order valence-corrected chi connectivity index (χ4v) is 3.12. The molecule has 0 N–H and O–H groups in total. The zero-order valence-corrected chi connectivity index (χ0v) is 14.6. The number of benzene rings is 1. The predicted octanol–water partition coefficient (Wildman–Crippen LogP) is 2.09. The number of imidazole rings is 1. The van der Waals surface area contributed by atoms with Gasteiger partial charge in [-0.15, -0.1) is 0 Å². The molecule has 1 fully saturated rings. The van der Waals surface area contributed by atoms with Crippen molar-refractivity contribution >= 4 is 0 Å². The molecular weight excluding hydrogens is 300 g/mol. The molecule has 0 atom stereocenters. The van der Waals surface area contributed by atoms with E-state index < -0.39 is 0 Å². The fraction of sp³-hybridized carbons (Fsp3) is 0.526. The van der Waals surface area contributed by atoms with Crippen molar-refractivity contribution in [3.63, 3.8) is 0 Å². The summed E-state index contributed by atoms with van der Waals surface area (Å²) in [5.41, 5.74) is 1.32. The molecule has 0 aliphatic carbocycles. The molecule has 130 valence electrons. The predicted molar refractivity (Wildman–Crippen MR) is 96.0 cm³/mol. The summed E-state index contributed by atoms with van der Waals surface area (Å²) in [4.78, 5) is 9.56. The third-order valence-corrected chi connectivity index (χ3v) is 4.58. The van der Waals surface area contributed by atoms with Crippen LogP contribution in [0, 0.1) is 0 Å². The highest BCUT2D eigenvalue weighted by Crippen LogP contribution is 2.10. The van der Waals surface area contributed by atoms with Gasteiger partial charge in [-0.1, -0.05) is 30.3 Å². The van der Waals surface area contributed by atoms with Crippen LogP contribution in [0.4, 0.5) is 0 Å². The zero-order chi connectivity index (χ0) is 16.6. The summed E-state index contributed by atoms with van der Waals surface area (Å²) in [6.45, 7) is 11.0. The molecule has 1 aliphatic rings. The van der Waals surface area contributed by atoms with Crippen molar-refractivity contribution in [2.45, 2.75) is 20.0 Å². The molecule has 0 amide bonds. The lowest BCUT2D eigenvalue weighted by molar-refractivity contribution is 0.0774. The van der Waals surface area contributed by atoms with Crippen molar-refractivity contribution < 1.29 is 4.74 Å². The molecule has 3 rings (SSSR count). The first-order valence-electron chi connectivity index (χ1n) is 8.91. The number of rotatable bonds is 8. The molecule has 0 spiro atoms. The monoisotopic (exact) mass is 328 g/mol. The SMILES string of the molecule is CCOCCN1CCN(Cc2nccn2Cc2ccccc2)CC1. The summed E-state index contributed by atoms with van der Waals surface area (Å²) >= 11 is 0. The number of nitrogens with zero attached hydrogens (tertiary/aromatic N) is 4. The lowest BCUT2D eigenvalue weighted by atomic mass is 10.2. The molecule has 0 saturated carbocycles. The Morgan fingerprint density at radius 3 is 2.50 bits per heavy atom. The Labute approximate surface area is 144 Å². The van der Waals surface area contributed by atoms with Gasteiger partial charge in [0.1, 0.15) is 5.82 Å².